The molecule has 0 radical (unpaired) electrons. The summed E-state index contributed by atoms with van der Waals surface area (Å²) in [7, 11) is 0. The Bertz CT molecular complexity index is 810. The van der Waals surface area contributed by atoms with Gasteiger partial charge in [0.1, 0.15) is 11.5 Å². The predicted molar refractivity (Wildman–Crippen MR) is 135 cm³/mol. The third-order valence-corrected chi connectivity index (χ3v) is 5.22. The van der Waals surface area contributed by atoms with Gasteiger partial charge in [-0.05, 0) is 67.8 Å². The van der Waals surface area contributed by atoms with Gasteiger partial charge in [0, 0.05) is 6.42 Å². The molecule has 2 rings (SSSR count). The van der Waals surface area contributed by atoms with Crippen molar-refractivity contribution in [1.82, 2.24) is 0 Å². The third-order valence-electron chi connectivity index (χ3n) is 5.22. The molecule has 0 aromatic heterocycles. The van der Waals surface area contributed by atoms with E-state index in [-0.39, 0.29) is 0 Å². The van der Waals surface area contributed by atoms with Gasteiger partial charge >= 0.3 is 11.9 Å². The van der Waals surface area contributed by atoms with Crippen LogP contribution in [0.2, 0.25) is 0 Å². The Hall–Kier alpha value is -3.10. The summed E-state index contributed by atoms with van der Waals surface area (Å²) in [4.78, 5) is 45.0. The molecule has 36 heavy (non-hydrogen) atoms. The molecule has 0 fully saturated rings. The van der Waals surface area contributed by atoms with Crippen LogP contribution in [0.1, 0.15) is 92.9 Å². The van der Waals surface area contributed by atoms with E-state index in [1.54, 1.807) is 48.5 Å². The highest BCUT2D eigenvalue weighted by Gasteiger charge is 2.19. The van der Waals surface area contributed by atoms with Crippen molar-refractivity contribution in [1.29, 1.82) is 0 Å². The summed E-state index contributed by atoms with van der Waals surface area (Å²) in [5.41, 5.74) is 0.590. The number of carbonyl (C=O) groups excluding carboxylic acids is 2. The molecule has 0 saturated carbocycles. The van der Waals surface area contributed by atoms with Gasteiger partial charge in [-0.15, -0.1) is 9.78 Å². The maximum atomic E-state index is 12.4. The molecule has 0 bridgehead atoms. The molecule has 2 aromatic rings. The number of carbonyl (C=O) groups is 2. The first-order chi connectivity index (χ1) is 17.6. The van der Waals surface area contributed by atoms with E-state index in [9.17, 15) is 9.59 Å². The topological polar surface area (TPSA) is 89.5 Å². The summed E-state index contributed by atoms with van der Waals surface area (Å²) in [6, 6.07) is 13.2. The number of ether oxygens (including phenoxy) is 2. The van der Waals surface area contributed by atoms with Crippen LogP contribution in [0.3, 0.4) is 0 Å². The fourth-order valence-corrected chi connectivity index (χ4v) is 3.01. The van der Waals surface area contributed by atoms with Gasteiger partial charge in [0.05, 0.1) is 24.3 Å². The van der Waals surface area contributed by atoms with Crippen molar-refractivity contribution >= 4 is 11.9 Å². The molecule has 0 amide bonds. The summed E-state index contributed by atoms with van der Waals surface area (Å²) in [5, 5.41) is 0. The van der Waals surface area contributed by atoms with Crippen LogP contribution in [-0.4, -0.2) is 31.4 Å². The number of rotatable bonds is 18. The average Bonchev–Trinajstić information content (AvgIpc) is 2.90. The van der Waals surface area contributed by atoms with Crippen molar-refractivity contribution in [3.63, 3.8) is 0 Å². The van der Waals surface area contributed by atoms with E-state index >= 15 is 0 Å². The second-order valence-corrected chi connectivity index (χ2v) is 8.31. The Morgan fingerprint density at radius 3 is 1.42 bits per heavy atom. The largest absolute Gasteiger partial charge is 0.494 e. The molecule has 8 nitrogen and oxygen atoms in total. The van der Waals surface area contributed by atoms with Gasteiger partial charge < -0.3 is 9.47 Å². The molecular weight excluding hydrogens is 464 g/mol. The normalized spacial score (nSPS) is 10.8. The molecule has 8 heteroatoms. The highest BCUT2D eigenvalue weighted by Crippen LogP contribution is 2.17. The van der Waals surface area contributed by atoms with Crippen molar-refractivity contribution in [2.45, 2.75) is 78.4 Å². The van der Waals surface area contributed by atoms with Gasteiger partial charge in [-0.25, -0.2) is 9.59 Å². The minimum Gasteiger partial charge on any atom is -0.494 e. The number of hydrogen-bond donors (Lipinski definition) is 0. The second kappa shape index (κ2) is 17.3. The molecule has 0 spiro atoms. The Labute approximate surface area is 213 Å². The minimum atomic E-state index is -1.06. The standard InChI is InChI=1S/C28H38O8/c1-4-7-10-11-26(33-35-27(29)22-12-16-24(17-13-22)31-20-8-5-2)34-36-28(30)23-14-18-25(19-15-23)32-21-9-6-3/h12-19,26H,4-11,20-21H2,1-3H3. The highest BCUT2D eigenvalue weighted by molar-refractivity contribution is 5.89. The maximum Gasteiger partial charge on any atom is 0.373 e. The van der Waals surface area contributed by atoms with E-state index in [0.717, 1.165) is 44.9 Å². The van der Waals surface area contributed by atoms with Gasteiger partial charge in [0.15, 0.2) is 0 Å². The van der Waals surface area contributed by atoms with Crippen LogP contribution in [0.25, 0.3) is 0 Å². The molecule has 0 aliphatic rings. The minimum absolute atomic E-state index is 0.295. The van der Waals surface area contributed by atoms with Gasteiger partial charge in [0.25, 0.3) is 0 Å². The number of hydrogen-bond acceptors (Lipinski definition) is 8. The molecule has 0 saturated heterocycles. The van der Waals surface area contributed by atoms with Crippen molar-refractivity contribution in [3.05, 3.63) is 59.7 Å². The lowest BCUT2D eigenvalue weighted by atomic mass is 10.2. The maximum absolute atomic E-state index is 12.4. The SMILES string of the molecule is CCCCCC(OOC(=O)c1ccc(OCCCC)cc1)OOC(=O)c1ccc(OCCCC)cc1. The number of unbranched alkanes of at least 4 members (excludes halogenated alkanes) is 4. The lowest BCUT2D eigenvalue weighted by Crippen LogP contribution is -2.22. The lowest BCUT2D eigenvalue weighted by molar-refractivity contribution is -0.421. The summed E-state index contributed by atoms with van der Waals surface area (Å²) in [6.07, 6.45) is 5.96. The zero-order valence-electron chi connectivity index (χ0n) is 21.5. The smallest absolute Gasteiger partial charge is 0.373 e. The van der Waals surface area contributed by atoms with Gasteiger partial charge in [-0.2, -0.15) is 0 Å². The Morgan fingerprint density at radius 1 is 0.611 bits per heavy atom. The van der Waals surface area contributed by atoms with Crippen LogP contribution < -0.4 is 9.47 Å². The molecule has 0 N–H and O–H groups in total. The monoisotopic (exact) mass is 502 g/mol. The van der Waals surface area contributed by atoms with Crippen LogP contribution in [-0.2, 0) is 19.6 Å². The van der Waals surface area contributed by atoms with E-state index in [2.05, 4.69) is 20.8 Å². The van der Waals surface area contributed by atoms with E-state index in [1.165, 1.54) is 0 Å². The fraction of sp³-hybridized carbons (Fsp3) is 0.500. The zero-order chi connectivity index (χ0) is 26.0. The van der Waals surface area contributed by atoms with Gasteiger partial charge in [0.2, 0.25) is 6.29 Å². The van der Waals surface area contributed by atoms with Crippen LogP contribution in [0, 0.1) is 0 Å². The molecule has 0 unspecified atom stereocenters. The molecule has 0 atom stereocenters. The molecule has 0 heterocycles. The predicted octanol–water partition coefficient (Wildman–Crippen LogP) is 6.83. The first kappa shape index (κ1) is 29.1. The molecule has 0 aliphatic heterocycles. The van der Waals surface area contributed by atoms with Crippen molar-refractivity contribution in [3.8, 4) is 11.5 Å². The number of benzene rings is 2. The summed E-state index contributed by atoms with van der Waals surface area (Å²) < 4.78 is 11.2. The van der Waals surface area contributed by atoms with Crippen molar-refractivity contribution in [2.75, 3.05) is 13.2 Å². The molecule has 0 aliphatic carbocycles. The molecular formula is C28H38O8. The lowest BCUT2D eigenvalue weighted by Gasteiger charge is -2.15. The first-order valence-corrected chi connectivity index (χ1v) is 12.8. The van der Waals surface area contributed by atoms with Crippen molar-refractivity contribution in [2.24, 2.45) is 0 Å². The van der Waals surface area contributed by atoms with Crippen LogP contribution in [0.15, 0.2) is 48.5 Å². The molecule has 2 aromatic carbocycles. The van der Waals surface area contributed by atoms with E-state index in [1.807, 2.05) is 0 Å². The van der Waals surface area contributed by atoms with Crippen molar-refractivity contribution < 1.29 is 38.6 Å². The zero-order valence-corrected chi connectivity index (χ0v) is 21.5. The summed E-state index contributed by atoms with van der Waals surface area (Å²) in [6.45, 7) is 7.47. The Morgan fingerprint density at radius 2 is 1.03 bits per heavy atom. The first-order valence-electron chi connectivity index (χ1n) is 12.8. The molecule has 198 valence electrons. The average molecular weight is 503 g/mol. The van der Waals surface area contributed by atoms with Crippen LogP contribution in [0.4, 0.5) is 0 Å². The quantitative estimate of drug-likeness (QED) is 0.0948. The highest BCUT2D eigenvalue weighted by atomic mass is 17.3. The van der Waals surface area contributed by atoms with E-state index in [4.69, 9.17) is 29.0 Å². The van der Waals surface area contributed by atoms with E-state index in [0.29, 0.717) is 42.3 Å². The third kappa shape index (κ3) is 11.1. The summed E-state index contributed by atoms with van der Waals surface area (Å²) in [5.74, 6) is -0.0308. The van der Waals surface area contributed by atoms with E-state index < -0.39 is 18.2 Å². The van der Waals surface area contributed by atoms with Gasteiger partial charge in [-0.3, -0.25) is 9.78 Å². The Balaban J connectivity index is 1.85. The Kier molecular flexibility index (Phi) is 14.0. The van der Waals surface area contributed by atoms with Gasteiger partial charge in [-0.1, -0.05) is 46.5 Å². The summed E-state index contributed by atoms with van der Waals surface area (Å²) >= 11 is 0. The van der Waals surface area contributed by atoms with Crippen LogP contribution in [0.5, 0.6) is 11.5 Å². The second-order valence-electron chi connectivity index (χ2n) is 8.31. The van der Waals surface area contributed by atoms with Crippen LogP contribution >= 0.6 is 0 Å². The fourth-order valence-electron chi connectivity index (χ4n) is 3.01.